The summed E-state index contributed by atoms with van der Waals surface area (Å²) in [4.78, 5) is 15.3. The van der Waals surface area contributed by atoms with E-state index in [-0.39, 0.29) is 11.4 Å². The highest BCUT2D eigenvalue weighted by atomic mass is 35.5. The predicted octanol–water partition coefficient (Wildman–Crippen LogP) is 4.48. The Balaban J connectivity index is 2.08. The lowest BCUT2D eigenvalue weighted by Gasteiger charge is -1.99. The second kappa shape index (κ2) is 6.37. The van der Waals surface area contributed by atoms with E-state index in [4.69, 9.17) is 16.7 Å². The monoisotopic (exact) mass is 346 g/mol. The molecule has 1 aromatic carbocycles. The maximum Gasteiger partial charge on any atom is 0.309 e. The molecule has 0 bridgehead atoms. The number of aromatic nitrogens is 2. The molecule has 0 aliphatic carbocycles. The van der Waals surface area contributed by atoms with Crippen LogP contribution in [0.3, 0.4) is 0 Å². The molecule has 8 heteroatoms. The number of imidazole rings is 1. The number of hydrogen-bond donors (Lipinski definition) is 1. The number of halogens is 2. The van der Waals surface area contributed by atoms with Crippen molar-refractivity contribution in [3.63, 3.8) is 0 Å². The average Bonchev–Trinajstić information content (AvgIpc) is 2.84. The fourth-order valence-corrected chi connectivity index (χ4v) is 2.38. The number of benzene rings is 1. The molecule has 1 N–H and O–H groups in total. The number of nitrogens with zero attached hydrogens (tertiary/aromatic N) is 4. The van der Waals surface area contributed by atoms with Crippen LogP contribution < -0.4 is 0 Å². The molecular weight excluding hydrogens is 335 g/mol. The Bertz CT molecular complexity index is 968. The molecule has 0 atom stereocenters. The first kappa shape index (κ1) is 16.1. The SMILES string of the molecule is Cc1ccc2nc(CC(=O)O)c(N=Nc3ccc(F)c(Cl)c3)n2c1. The summed E-state index contributed by atoms with van der Waals surface area (Å²) in [5.41, 5.74) is 2.18. The van der Waals surface area contributed by atoms with E-state index in [1.165, 1.54) is 18.2 Å². The summed E-state index contributed by atoms with van der Waals surface area (Å²) < 4.78 is 14.9. The number of carboxylic acid groups (broad SMARTS) is 1. The molecule has 0 unspecified atom stereocenters. The van der Waals surface area contributed by atoms with Gasteiger partial charge >= 0.3 is 5.97 Å². The summed E-state index contributed by atoms with van der Waals surface area (Å²) in [6, 6.07) is 7.59. The summed E-state index contributed by atoms with van der Waals surface area (Å²) in [5, 5.41) is 17.1. The Labute approximate surface area is 141 Å². The van der Waals surface area contributed by atoms with Gasteiger partial charge in [-0.25, -0.2) is 9.37 Å². The van der Waals surface area contributed by atoms with Crippen LogP contribution in [0.5, 0.6) is 0 Å². The molecule has 0 aliphatic heterocycles. The molecule has 0 fully saturated rings. The Hall–Kier alpha value is -2.80. The fourth-order valence-electron chi connectivity index (χ4n) is 2.21. The fraction of sp³-hybridized carbons (Fsp3) is 0.125. The Morgan fingerprint density at radius 1 is 1.33 bits per heavy atom. The standard InChI is InChI=1S/C16H12ClFN4O2/c1-9-2-5-14-19-13(7-15(23)24)16(22(14)8-9)21-20-10-3-4-12(18)11(17)6-10/h2-6,8H,7H2,1H3,(H,23,24). The van der Waals surface area contributed by atoms with Gasteiger partial charge in [-0.15, -0.1) is 10.2 Å². The minimum atomic E-state index is -1.02. The van der Waals surface area contributed by atoms with Crippen LogP contribution in [0.25, 0.3) is 5.65 Å². The third-order valence-corrected chi connectivity index (χ3v) is 3.58. The van der Waals surface area contributed by atoms with E-state index in [2.05, 4.69) is 15.2 Å². The maximum absolute atomic E-state index is 13.2. The van der Waals surface area contributed by atoms with Crippen LogP contribution >= 0.6 is 11.6 Å². The van der Waals surface area contributed by atoms with Crippen molar-refractivity contribution in [2.45, 2.75) is 13.3 Å². The quantitative estimate of drug-likeness (QED) is 0.707. The molecule has 6 nitrogen and oxygen atoms in total. The van der Waals surface area contributed by atoms with Crippen molar-refractivity contribution in [1.29, 1.82) is 0 Å². The van der Waals surface area contributed by atoms with E-state index < -0.39 is 11.8 Å². The molecule has 0 saturated heterocycles. The number of pyridine rings is 1. The van der Waals surface area contributed by atoms with Gasteiger partial charge in [-0.1, -0.05) is 17.7 Å². The van der Waals surface area contributed by atoms with Crippen molar-refractivity contribution < 1.29 is 14.3 Å². The van der Waals surface area contributed by atoms with Gasteiger partial charge in [-0.05, 0) is 36.8 Å². The van der Waals surface area contributed by atoms with Gasteiger partial charge in [0.15, 0.2) is 5.82 Å². The predicted molar refractivity (Wildman–Crippen MR) is 86.9 cm³/mol. The molecular formula is C16H12ClFN4O2. The number of aliphatic carboxylic acids is 1. The topological polar surface area (TPSA) is 79.3 Å². The summed E-state index contributed by atoms with van der Waals surface area (Å²) in [5.74, 6) is -1.25. The molecule has 0 saturated carbocycles. The zero-order chi connectivity index (χ0) is 17.3. The molecule has 3 aromatic rings. The van der Waals surface area contributed by atoms with E-state index in [9.17, 15) is 9.18 Å². The third kappa shape index (κ3) is 3.26. The molecule has 3 rings (SSSR count). The zero-order valence-corrected chi connectivity index (χ0v) is 13.3. The smallest absolute Gasteiger partial charge is 0.309 e. The minimum Gasteiger partial charge on any atom is -0.481 e. The molecule has 24 heavy (non-hydrogen) atoms. The number of carboxylic acids is 1. The van der Waals surface area contributed by atoms with Gasteiger partial charge in [0.25, 0.3) is 0 Å². The average molecular weight is 347 g/mol. The number of rotatable bonds is 4. The van der Waals surface area contributed by atoms with Gasteiger partial charge in [0, 0.05) is 6.20 Å². The zero-order valence-electron chi connectivity index (χ0n) is 12.6. The van der Waals surface area contributed by atoms with Crippen LogP contribution in [0.2, 0.25) is 5.02 Å². The van der Waals surface area contributed by atoms with Gasteiger partial charge in [-0.2, -0.15) is 0 Å². The van der Waals surface area contributed by atoms with E-state index in [0.29, 0.717) is 22.8 Å². The summed E-state index contributed by atoms with van der Waals surface area (Å²) in [7, 11) is 0. The van der Waals surface area contributed by atoms with E-state index >= 15 is 0 Å². The second-order valence-corrected chi connectivity index (χ2v) is 5.59. The summed E-state index contributed by atoms with van der Waals surface area (Å²) >= 11 is 5.72. The number of fused-ring (bicyclic) bond motifs is 1. The highest BCUT2D eigenvalue weighted by Crippen LogP contribution is 2.27. The van der Waals surface area contributed by atoms with Gasteiger partial charge in [0.1, 0.15) is 11.5 Å². The summed E-state index contributed by atoms with van der Waals surface area (Å²) in [6.45, 7) is 1.90. The molecule has 2 heterocycles. The van der Waals surface area contributed by atoms with Gasteiger partial charge in [0.05, 0.1) is 22.8 Å². The molecule has 0 radical (unpaired) electrons. The van der Waals surface area contributed by atoms with Crippen molar-refractivity contribution >= 4 is 34.7 Å². The van der Waals surface area contributed by atoms with Crippen molar-refractivity contribution in [3.8, 4) is 0 Å². The Kier molecular flexibility index (Phi) is 4.26. The van der Waals surface area contributed by atoms with Crippen LogP contribution in [0.15, 0.2) is 46.8 Å². The van der Waals surface area contributed by atoms with Crippen molar-refractivity contribution in [1.82, 2.24) is 9.38 Å². The third-order valence-electron chi connectivity index (χ3n) is 3.29. The first-order valence-corrected chi connectivity index (χ1v) is 7.38. The highest BCUT2D eigenvalue weighted by Gasteiger charge is 2.15. The number of azo groups is 1. The lowest BCUT2D eigenvalue weighted by Crippen LogP contribution is -2.00. The lowest BCUT2D eigenvalue weighted by atomic mass is 10.3. The molecule has 0 aliphatic rings. The minimum absolute atomic E-state index is 0.0637. The van der Waals surface area contributed by atoms with Crippen molar-refractivity contribution in [2.75, 3.05) is 0 Å². The maximum atomic E-state index is 13.2. The first-order valence-electron chi connectivity index (χ1n) is 7.00. The van der Waals surface area contributed by atoms with E-state index in [1.54, 1.807) is 16.7 Å². The highest BCUT2D eigenvalue weighted by molar-refractivity contribution is 6.30. The van der Waals surface area contributed by atoms with E-state index in [0.717, 1.165) is 5.56 Å². The van der Waals surface area contributed by atoms with Crippen LogP contribution in [-0.4, -0.2) is 20.5 Å². The van der Waals surface area contributed by atoms with Gasteiger partial charge in [0.2, 0.25) is 0 Å². The molecule has 0 spiro atoms. The Morgan fingerprint density at radius 2 is 2.12 bits per heavy atom. The largest absolute Gasteiger partial charge is 0.481 e. The first-order chi connectivity index (χ1) is 11.4. The number of hydrogen-bond acceptors (Lipinski definition) is 4. The number of carbonyl (C=O) groups is 1. The van der Waals surface area contributed by atoms with Crippen molar-refractivity contribution in [3.05, 3.63) is 58.6 Å². The van der Waals surface area contributed by atoms with Crippen LogP contribution in [-0.2, 0) is 11.2 Å². The van der Waals surface area contributed by atoms with Crippen LogP contribution in [0.4, 0.5) is 15.9 Å². The molecule has 0 amide bonds. The second-order valence-electron chi connectivity index (χ2n) is 5.19. The summed E-state index contributed by atoms with van der Waals surface area (Å²) in [6.07, 6.45) is 1.51. The molecule has 2 aromatic heterocycles. The molecule has 122 valence electrons. The number of aryl methyl sites for hydroxylation is 1. The Morgan fingerprint density at radius 3 is 2.83 bits per heavy atom. The van der Waals surface area contributed by atoms with Crippen molar-refractivity contribution in [2.24, 2.45) is 10.2 Å². The normalized spacial score (nSPS) is 11.5. The van der Waals surface area contributed by atoms with Crippen LogP contribution in [0, 0.1) is 12.7 Å². The van der Waals surface area contributed by atoms with E-state index in [1.807, 2.05) is 13.0 Å². The van der Waals surface area contributed by atoms with Gasteiger partial charge < -0.3 is 5.11 Å². The van der Waals surface area contributed by atoms with Crippen LogP contribution in [0.1, 0.15) is 11.3 Å². The lowest BCUT2D eigenvalue weighted by molar-refractivity contribution is -0.136. The van der Waals surface area contributed by atoms with Gasteiger partial charge in [-0.3, -0.25) is 9.20 Å².